The summed E-state index contributed by atoms with van der Waals surface area (Å²) in [5, 5.41) is 9.49. The summed E-state index contributed by atoms with van der Waals surface area (Å²) in [6, 6.07) is 7.01. The molecule has 3 aliphatic heterocycles. The largest absolute Gasteiger partial charge is 0.380 e. The molecule has 11 heteroatoms. The minimum atomic E-state index is -0.703. The molecule has 3 amide bonds. The minimum absolute atomic E-state index is 0.209. The van der Waals surface area contributed by atoms with Crippen molar-refractivity contribution in [2.24, 2.45) is 5.41 Å². The normalized spacial score (nSPS) is 19.2. The van der Waals surface area contributed by atoms with Gasteiger partial charge in [0, 0.05) is 29.6 Å². The van der Waals surface area contributed by atoms with Gasteiger partial charge < -0.3 is 15.4 Å². The lowest BCUT2D eigenvalue weighted by molar-refractivity contribution is -0.140. The highest BCUT2D eigenvalue weighted by molar-refractivity contribution is 6.02. The van der Waals surface area contributed by atoms with Gasteiger partial charge >= 0.3 is 0 Å². The number of likely N-dealkylation sites (tertiary alicyclic amines) is 1. The fourth-order valence-electron chi connectivity index (χ4n) is 6.07. The molecule has 2 fully saturated rings. The maximum atomic E-state index is 13.2. The van der Waals surface area contributed by atoms with Crippen LogP contribution in [0.25, 0.3) is 22.3 Å². The number of nitrogens with zero attached hydrogens (tertiary/aromatic N) is 4. The third-order valence-corrected chi connectivity index (χ3v) is 8.43. The molecule has 0 aliphatic carbocycles. The number of rotatable bonds is 8. The number of aromatic nitrogens is 3. The molecule has 2 aromatic heterocycles. The Hall–Kier alpha value is -3.83. The smallest absolute Gasteiger partial charge is 0.255 e. The van der Waals surface area contributed by atoms with Gasteiger partial charge in [0.15, 0.2) is 5.82 Å². The predicted molar refractivity (Wildman–Crippen MR) is 144 cm³/mol. The summed E-state index contributed by atoms with van der Waals surface area (Å²) in [5.74, 6) is -0.323. The van der Waals surface area contributed by atoms with Crippen molar-refractivity contribution in [1.82, 2.24) is 30.3 Å². The molecule has 1 atom stereocenters. The first-order valence-electron chi connectivity index (χ1n) is 13.5. The van der Waals surface area contributed by atoms with E-state index in [1.165, 1.54) is 0 Å². The zero-order valence-electron chi connectivity index (χ0n) is 22.0. The minimum Gasteiger partial charge on any atom is -0.380 e. The predicted octanol–water partition coefficient (Wildman–Crippen LogP) is 2.22. The topological polar surface area (TPSA) is 147 Å². The summed E-state index contributed by atoms with van der Waals surface area (Å²) in [7, 11) is 0. The summed E-state index contributed by atoms with van der Waals surface area (Å²) >= 11 is 0. The number of anilines is 1. The van der Waals surface area contributed by atoms with Crippen molar-refractivity contribution < 1.29 is 19.1 Å². The van der Waals surface area contributed by atoms with Crippen LogP contribution in [0.4, 0.5) is 5.82 Å². The average Bonchev–Trinajstić information content (AvgIpc) is 3.46. The van der Waals surface area contributed by atoms with E-state index in [0.717, 1.165) is 73.6 Å². The van der Waals surface area contributed by atoms with Crippen LogP contribution >= 0.6 is 0 Å². The van der Waals surface area contributed by atoms with Crippen LogP contribution in [0.1, 0.15) is 54.1 Å². The van der Waals surface area contributed by atoms with Crippen LogP contribution in [0, 0.1) is 5.41 Å². The number of pyridine rings is 1. The first-order valence-corrected chi connectivity index (χ1v) is 13.5. The molecule has 5 heterocycles. The lowest BCUT2D eigenvalue weighted by Gasteiger charge is -2.47. The Morgan fingerprint density at radius 1 is 1.28 bits per heavy atom. The molecule has 4 N–H and O–H groups in total. The van der Waals surface area contributed by atoms with E-state index >= 15 is 0 Å². The Morgan fingerprint density at radius 3 is 2.77 bits per heavy atom. The zero-order valence-corrected chi connectivity index (χ0v) is 22.0. The summed E-state index contributed by atoms with van der Waals surface area (Å²) < 4.78 is 5.48. The number of hydrogen-bond acceptors (Lipinski definition) is 8. The first kappa shape index (κ1) is 25.4. The number of aromatic amines is 1. The monoisotopic (exact) mass is 531 g/mol. The lowest BCUT2D eigenvalue weighted by atomic mass is 9.77. The molecule has 0 bridgehead atoms. The first-order chi connectivity index (χ1) is 18.9. The molecule has 3 aromatic rings. The van der Waals surface area contributed by atoms with Gasteiger partial charge in [-0.3, -0.25) is 29.7 Å². The molecule has 204 valence electrons. The van der Waals surface area contributed by atoms with Crippen LogP contribution in [0.5, 0.6) is 0 Å². The number of ether oxygens (including phenoxy) is 1. The number of nitrogens with two attached hydrogens (primary N) is 1. The third-order valence-electron chi connectivity index (χ3n) is 8.43. The Morgan fingerprint density at radius 2 is 2.08 bits per heavy atom. The lowest BCUT2D eigenvalue weighted by Crippen LogP contribution is -2.50. The molecule has 0 saturated carbocycles. The fourth-order valence-corrected chi connectivity index (χ4v) is 6.07. The maximum absolute atomic E-state index is 13.2. The van der Waals surface area contributed by atoms with Crippen LogP contribution < -0.4 is 11.1 Å². The van der Waals surface area contributed by atoms with Crippen LogP contribution in [0.3, 0.4) is 0 Å². The van der Waals surface area contributed by atoms with Gasteiger partial charge in [-0.05, 0) is 61.7 Å². The van der Waals surface area contributed by atoms with Gasteiger partial charge in [-0.1, -0.05) is 19.4 Å². The number of amides is 3. The number of benzene rings is 1. The zero-order chi connectivity index (χ0) is 27.1. The van der Waals surface area contributed by atoms with Crippen LogP contribution in [-0.2, 0) is 27.4 Å². The number of fused-ring (bicyclic) bond motifs is 2. The van der Waals surface area contributed by atoms with E-state index in [1.807, 2.05) is 19.1 Å². The standard InChI is InChI=1S/C28H33N7O4/c1-2-3-22(26(37)30-16-36)35-13-18-10-17(4-5-20(18)27(35)38)21-11-19(23-24(31-21)25(29)33-32-23)12-34-8-6-28(7-9-34)14-39-15-28/h4-5,10-11,16,22H,2-3,6-9,12-15H2,1H3,(H3,29,32,33)(H,30,36,37). The summed E-state index contributed by atoms with van der Waals surface area (Å²) in [5.41, 5.74) is 12.1. The summed E-state index contributed by atoms with van der Waals surface area (Å²) in [6.07, 6.45) is 3.81. The summed E-state index contributed by atoms with van der Waals surface area (Å²) in [4.78, 5) is 45.4. The molecule has 11 nitrogen and oxygen atoms in total. The number of carbonyl (C=O) groups excluding carboxylic acids is 3. The van der Waals surface area contributed by atoms with E-state index in [1.54, 1.807) is 11.0 Å². The Kier molecular flexibility index (Phi) is 6.56. The second-order valence-corrected chi connectivity index (χ2v) is 11.0. The van der Waals surface area contributed by atoms with Crippen molar-refractivity contribution in [2.45, 2.75) is 51.7 Å². The molecule has 3 aliphatic rings. The van der Waals surface area contributed by atoms with Gasteiger partial charge in [0.25, 0.3) is 5.91 Å². The Labute approximate surface area is 226 Å². The Bertz CT molecular complexity index is 1440. The maximum Gasteiger partial charge on any atom is 0.255 e. The molecule has 2 saturated heterocycles. The van der Waals surface area contributed by atoms with E-state index in [2.05, 4.69) is 26.5 Å². The van der Waals surface area contributed by atoms with E-state index in [9.17, 15) is 14.4 Å². The van der Waals surface area contributed by atoms with E-state index < -0.39 is 11.9 Å². The third kappa shape index (κ3) is 4.55. The van der Waals surface area contributed by atoms with Crippen LogP contribution in [-0.4, -0.2) is 75.6 Å². The van der Waals surface area contributed by atoms with E-state index in [-0.39, 0.29) is 5.91 Å². The number of nitrogens with one attached hydrogen (secondary N) is 2. The van der Waals surface area contributed by atoms with E-state index in [0.29, 0.717) is 48.1 Å². The van der Waals surface area contributed by atoms with Crippen LogP contribution in [0.2, 0.25) is 0 Å². The highest BCUT2D eigenvalue weighted by Gasteiger charge is 2.41. The number of imide groups is 1. The Balaban J connectivity index is 1.28. The SMILES string of the molecule is CCCC(C(=O)NC=O)N1Cc2cc(-c3cc(CN4CCC5(CC4)COC5)c4[nH]nc(N)c4n3)ccc2C1=O. The van der Waals surface area contributed by atoms with Crippen molar-refractivity contribution >= 4 is 35.1 Å². The second-order valence-electron chi connectivity index (χ2n) is 11.0. The van der Waals surface area contributed by atoms with Crippen molar-refractivity contribution in [3.63, 3.8) is 0 Å². The van der Waals surface area contributed by atoms with E-state index in [4.69, 9.17) is 15.5 Å². The number of hydrogen-bond donors (Lipinski definition) is 3. The molecule has 0 radical (unpaired) electrons. The molecule has 6 rings (SSSR count). The van der Waals surface area contributed by atoms with Gasteiger partial charge in [0.05, 0.1) is 24.4 Å². The van der Waals surface area contributed by atoms with Gasteiger partial charge in [-0.15, -0.1) is 0 Å². The molecule has 1 unspecified atom stereocenters. The molecule has 1 spiro atoms. The van der Waals surface area contributed by atoms with Crippen molar-refractivity contribution in [2.75, 3.05) is 32.0 Å². The molecule has 1 aromatic carbocycles. The van der Waals surface area contributed by atoms with Gasteiger partial charge in [0.1, 0.15) is 11.6 Å². The van der Waals surface area contributed by atoms with Gasteiger partial charge in [-0.2, -0.15) is 5.10 Å². The second kappa shape index (κ2) is 10.0. The highest BCUT2D eigenvalue weighted by Crippen LogP contribution is 2.39. The van der Waals surface area contributed by atoms with Crippen molar-refractivity contribution in [3.8, 4) is 11.3 Å². The quantitative estimate of drug-likeness (QED) is 0.375. The highest BCUT2D eigenvalue weighted by atomic mass is 16.5. The van der Waals surface area contributed by atoms with Gasteiger partial charge in [0.2, 0.25) is 12.3 Å². The fraction of sp³-hybridized carbons (Fsp3) is 0.464. The van der Waals surface area contributed by atoms with Gasteiger partial charge in [-0.25, -0.2) is 4.98 Å². The van der Waals surface area contributed by atoms with Crippen molar-refractivity contribution in [3.05, 3.63) is 41.0 Å². The summed E-state index contributed by atoms with van der Waals surface area (Å²) in [6.45, 7) is 6.77. The average molecular weight is 532 g/mol. The van der Waals surface area contributed by atoms with Crippen LogP contribution in [0.15, 0.2) is 24.3 Å². The van der Waals surface area contributed by atoms with Crippen molar-refractivity contribution in [1.29, 1.82) is 0 Å². The number of nitrogen functional groups attached to an aromatic ring is 1. The molecular weight excluding hydrogens is 498 g/mol. The molecular formula is C28H33N7O4. The number of carbonyl (C=O) groups is 3. The number of H-pyrrole nitrogens is 1. The number of piperidine rings is 1. The molecule has 39 heavy (non-hydrogen) atoms.